The Morgan fingerprint density at radius 2 is 1.97 bits per heavy atom. The van der Waals surface area contributed by atoms with E-state index >= 15 is 0 Å². The third-order valence-electron chi connectivity index (χ3n) is 5.87. The van der Waals surface area contributed by atoms with Gasteiger partial charge in [0, 0.05) is 40.9 Å². The summed E-state index contributed by atoms with van der Waals surface area (Å²) in [5.74, 6) is 1.13. The number of imidazole rings is 1. The fraction of sp³-hybridized carbons (Fsp3) is 0.240. The summed E-state index contributed by atoms with van der Waals surface area (Å²) in [6, 6.07) is 19.5. The lowest BCUT2D eigenvalue weighted by atomic mass is 9.93. The highest BCUT2D eigenvalue weighted by molar-refractivity contribution is 6.30. The van der Waals surface area contributed by atoms with Gasteiger partial charge in [0.15, 0.2) is 0 Å². The van der Waals surface area contributed by atoms with E-state index in [-0.39, 0.29) is 11.8 Å². The second kappa shape index (κ2) is 8.16. The summed E-state index contributed by atoms with van der Waals surface area (Å²) in [7, 11) is 0. The molecule has 2 aromatic carbocycles. The van der Waals surface area contributed by atoms with Crippen LogP contribution >= 0.6 is 11.6 Å². The van der Waals surface area contributed by atoms with Crippen LogP contribution in [0.25, 0.3) is 22.3 Å². The number of nitrogens with one attached hydrogen (secondary N) is 1. The quantitative estimate of drug-likeness (QED) is 0.459. The Labute approximate surface area is 186 Å². The standard InChI is InChI=1S/C25H23ClN4O/c1-16-27-23-11-10-18(14-24(23)28-16)25(31)30-12-4-6-19(15-30)22-9-3-8-21(29-22)17-5-2-7-20(26)13-17/h2-3,5,7-11,13-14,19H,4,6,12,15H2,1H3,(H,27,28). The molecule has 1 atom stereocenters. The summed E-state index contributed by atoms with van der Waals surface area (Å²) in [4.78, 5) is 27.7. The van der Waals surface area contributed by atoms with Crippen LogP contribution in [0.4, 0.5) is 0 Å². The minimum absolute atomic E-state index is 0.0600. The largest absolute Gasteiger partial charge is 0.342 e. The number of hydrogen-bond acceptors (Lipinski definition) is 3. The van der Waals surface area contributed by atoms with E-state index < -0.39 is 0 Å². The van der Waals surface area contributed by atoms with Crippen LogP contribution in [0.15, 0.2) is 60.7 Å². The summed E-state index contributed by atoms with van der Waals surface area (Å²) in [5.41, 5.74) is 5.40. The number of amides is 1. The molecule has 0 bridgehead atoms. The van der Waals surface area contributed by atoms with Gasteiger partial charge in [-0.15, -0.1) is 0 Å². The minimum atomic E-state index is 0.0600. The van der Waals surface area contributed by atoms with Gasteiger partial charge in [-0.05, 0) is 62.2 Å². The summed E-state index contributed by atoms with van der Waals surface area (Å²) < 4.78 is 0. The number of rotatable bonds is 3. The van der Waals surface area contributed by atoms with Gasteiger partial charge < -0.3 is 9.88 Å². The van der Waals surface area contributed by atoms with Crippen LogP contribution < -0.4 is 0 Å². The van der Waals surface area contributed by atoms with E-state index in [0.29, 0.717) is 17.1 Å². The topological polar surface area (TPSA) is 61.9 Å². The van der Waals surface area contributed by atoms with Gasteiger partial charge in [-0.2, -0.15) is 0 Å². The molecule has 5 rings (SSSR count). The number of hydrogen-bond donors (Lipinski definition) is 1. The molecular weight excluding hydrogens is 408 g/mol. The van der Waals surface area contributed by atoms with Gasteiger partial charge in [-0.1, -0.05) is 29.8 Å². The van der Waals surface area contributed by atoms with Crippen molar-refractivity contribution in [3.8, 4) is 11.3 Å². The van der Waals surface area contributed by atoms with Crippen LogP contribution in [-0.2, 0) is 0 Å². The van der Waals surface area contributed by atoms with E-state index in [0.717, 1.165) is 53.2 Å². The highest BCUT2D eigenvalue weighted by Crippen LogP contribution is 2.29. The van der Waals surface area contributed by atoms with E-state index in [1.165, 1.54) is 0 Å². The number of aromatic amines is 1. The molecule has 5 nitrogen and oxygen atoms in total. The van der Waals surface area contributed by atoms with Crippen molar-refractivity contribution in [2.24, 2.45) is 0 Å². The van der Waals surface area contributed by atoms with E-state index in [2.05, 4.69) is 16.0 Å². The molecule has 3 heterocycles. The number of aromatic nitrogens is 3. The third-order valence-corrected chi connectivity index (χ3v) is 6.10. The zero-order valence-corrected chi connectivity index (χ0v) is 18.1. The number of fused-ring (bicyclic) bond motifs is 1. The smallest absolute Gasteiger partial charge is 0.253 e. The monoisotopic (exact) mass is 430 g/mol. The van der Waals surface area contributed by atoms with Gasteiger partial charge in [0.1, 0.15) is 5.82 Å². The molecule has 0 aliphatic carbocycles. The van der Waals surface area contributed by atoms with Crippen molar-refractivity contribution in [1.82, 2.24) is 19.9 Å². The fourth-order valence-electron chi connectivity index (χ4n) is 4.34. The molecule has 2 aromatic heterocycles. The highest BCUT2D eigenvalue weighted by Gasteiger charge is 2.26. The molecule has 1 fully saturated rings. The second-order valence-electron chi connectivity index (χ2n) is 8.10. The van der Waals surface area contributed by atoms with Gasteiger partial charge in [-0.3, -0.25) is 9.78 Å². The maximum atomic E-state index is 13.2. The zero-order valence-electron chi connectivity index (χ0n) is 17.3. The molecule has 4 aromatic rings. The first-order valence-corrected chi connectivity index (χ1v) is 10.9. The average molecular weight is 431 g/mol. The molecule has 0 radical (unpaired) electrons. The predicted octanol–water partition coefficient (Wildman–Crippen LogP) is 5.61. The molecule has 6 heteroatoms. The first-order valence-electron chi connectivity index (χ1n) is 10.6. The predicted molar refractivity (Wildman–Crippen MR) is 123 cm³/mol. The average Bonchev–Trinajstić information content (AvgIpc) is 3.18. The van der Waals surface area contributed by atoms with E-state index in [1.54, 1.807) is 0 Å². The molecule has 156 valence electrons. The Bertz CT molecular complexity index is 1270. The Balaban J connectivity index is 1.37. The number of likely N-dealkylation sites (tertiary alicyclic amines) is 1. The number of aryl methyl sites for hydroxylation is 1. The molecule has 0 saturated carbocycles. The number of H-pyrrole nitrogens is 1. The lowest BCUT2D eigenvalue weighted by Crippen LogP contribution is -2.39. The SMILES string of the molecule is Cc1nc2ccc(C(=O)N3CCCC(c4cccc(-c5cccc(Cl)c5)n4)C3)cc2[nH]1. The van der Waals surface area contributed by atoms with E-state index in [4.69, 9.17) is 16.6 Å². The van der Waals surface area contributed by atoms with Crippen molar-refractivity contribution in [2.45, 2.75) is 25.7 Å². The summed E-state index contributed by atoms with van der Waals surface area (Å²) >= 11 is 6.16. The molecule has 31 heavy (non-hydrogen) atoms. The molecule has 1 N–H and O–H groups in total. The number of carbonyl (C=O) groups is 1. The van der Waals surface area contributed by atoms with Crippen LogP contribution in [-0.4, -0.2) is 38.8 Å². The first kappa shape index (κ1) is 19.8. The molecule has 1 saturated heterocycles. The number of nitrogens with zero attached hydrogens (tertiary/aromatic N) is 3. The van der Waals surface area contributed by atoms with Crippen molar-refractivity contribution in [1.29, 1.82) is 0 Å². The van der Waals surface area contributed by atoms with Crippen molar-refractivity contribution >= 4 is 28.5 Å². The van der Waals surface area contributed by atoms with Gasteiger partial charge in [0.2, 0.25) is 0 Å². The van der Waals surface area contributed by atoms with Gasteiger partial charge >= 0.3 is 0 Å². The van der Waals surface area contributed by atoms with Crippen molar-refractivity contribution in [3.63, 3.8) is 0 Å². The molecule has 1 aliphatic rings. The van der Waals surface area contributed by atoms with Crippen molar-refractivity contribution in [3.05, 3.63) is 82.8 Å². The normalized spacial score (nSPS) is 16.6. The fourth-order valence-corrected chi connectivity index (χ4v) is 4.53. The van der Waals surface area contributed by atoms with E-state index in [1.807, 2.05) is 66.4 Å². The number of carbonyl (C=O) groups excluding carboxylic acids is 1. The zero-order chi connectivity index (χ0) is 21.4. The van der Waals surface area contributed by atoms with Crippen LogP contribution in [0.5, 0.6) is 0 Å². The summed E-state index contributed by atoms with van der Waals surface area (Å²) in [5, 5.41) is 0.698. The van der Waals surface area contributed by atoms with Gasteiger partial charge in [0.05, 0.1) is 16.7 Å². The first-order chi connectivity index (χ1) is 15.1. The molecular formula is C25H23ClN4O. The molecule has 1 amide bonds. The molecule has 1 aliphatic heterocycles. The van der Waals surface area contributed by atoms with Crippen LogP contribution in [0, 0.1) is 6.92 Å². The van der Waals surface area contributed by atoms with Crippen LogP contribution in [0.3, 0.4) is 0 Å². The van der Waals surface area contributed by atoms with Crippen molar-refractivity contribution in [2.75, 3.05) is 13.1 Å². The number of benzene rings is 2. The third kappa shape index (κ3) is 4.06. The Morgan fingerprint density at radius 1 is 1.10 bits per heavy atom. The Hall–Kier alpha value is -3.18. The summed E-state index contributed by atoms with van der Waals surface area (Å²) in [6.45, 7) is 3.36. The lowest BCUT2D eigenvalue weighted by Gasteiger charge is -2.32. The van der Waals surface area contributed by atoms with Crippen LogP contribution in [0.1, 0.15) is 40.6 Å². The highest BCUT2D eigenvalue weighted by atomic mass is 35.5. The number of halogens is 1. The number of pyridine rings is 1. The van der Waals surface area contributed by atoms with Crippen LogP contribution in [0.2, 0.25) is 5.02 Å². The molecule has 1 unspecified atom stereocenters. The van der Waals surface area contributed by atoms with E-state index in [9.17, 15) is 4.79 Å². The molecule has 0 spiro atoms. The number of piperidine rings is 1. The second-order valence-corrected chi connectivity index (χ2v) is 8.54. The minimum Gasteiger partial charge on any atom is -0.342 e. The van der Waals surface area contributed by atoms with Gasteiger partial charge in [-0.25, -0.2) is 4.98 Å². The lowest BCUT2D eigenvalue weighted by molar-refractivity contribution is 0.0706. The Morgan fingerprint density at radius 3 is 2.84 bits per heavy atom. The van der Waals surface area contributed by atoms with Gasteiger partial charge in [0.25, 0.3) is 5.91 Å². The summed E-state index contributed by atoms with van der Waals surface area (Å²) in [6.07, 6.45) is 1.99. The Kier molecular flexibility index (Phi) is 5.20. The maximum absolute atomic E-state index is 13.2. The maximum Gasteiger partial charge on any atom is 0.253 e. The van der Waals surface area contributed by atoms with Crippen molar-refractivity contribution < 1.29 is 4.79 Å².